The fraction of sp³-hybridized carbons (Fsp3) is 0.571. The number of likely N-dealkylation sites (N-methyl/N-ethyl adjacent to an activating group) is 1. The number of hydrogen-bond acceptors (Lipinski definition) is 4. The van der Waals surface area contributed by atoms with Gasteiger partial charge in [0.15, 0.2) is 23.3 Å². The van der Waals surface area contributed by atoms with Crippen LogP contribution in [0.3, 0.4) is 0 Å². The van der Waals surface area contributed by atoms with Crippen molar-refractivity contribution in [2.24, 2.45) is 0 Å². The monoisotopic (exact) mass is 404 g/mol. The van der Waals surface area contributed by atoms with Crippen LogP contribution < -0.4 is 10.5 Å². The van der Waals surface area contributed by atoms with E-state index in [1.165, 1.54) is 12.0 Å². The third kappa shape index (κ3) is 6.10. The van der Waals surface area contributed by atoms with Gasteiger partial charge in [-0.2, -0.15) is 0 Å². The van der Waals surface area contributed by atoms with Crippen molar-refractivity contribution in [2.75, 3.05) is 52.3 Å². The molecule has 0 aliphatic heterocycles. The van der Waals surface area contributed by atoms with Crippen molar-refractivity contribution in [3.63, 3.8) is 0 Å². The molecule has 0 fully saturated rings. The van der Waals surface area contributed by atoms with Gasteiger partial charge in [0.2, 0.25) is 0 Å². The summed E-state index contributed by atoms with van der Waals surface area (Å²) in [6, 6.07) is 0. The number of quaternary nitrogens is 1. The second kappa shape index (κ2) is 9.72. The first-order valence-electron chi connectivity index (χ1n) is 7.36. The van der Waals surface area contributed by atoms with Crippen LogP contribution >= 0.6 is 12.0 Å². The largest absolute Gasteiger partial charge is 0.394 e. The lowest BCUT2D eigenvalue weighted by Gasteiger charge is -2.29. The minimum absolute atomic E-state index is 0.128. The smallest absolute Gasteiger partial charge is 0.186 e. The Morgan fingerprint density at radius 1 is 1.12 bits per heavy atom. The fourth-order valence-corrected chi connectivity index (χ4v) is 3.39. The Hall–Kier alpha value is -0.880. The maximum atomic E-state index is 13.7. The van der Waals surface area contributed by atoms with Crippen molar-refractivity contribution >= 4 is 28.7 Å². The van der Waals surface area contributed by atoms with Crippen molar-refractivity contribution in [1.29, 1.82) is 0 Å². The van der Waals surface area contributed by atoms with Gasteiger partial charge in [0, 0.05) is 12.2 Å². The molecule has 0 aliphatic carbocycles. The number of hydrogen-bond donors (Lipinski definition) is 2. The van der Waals surface area contributed by atoms with E-state index in [1.807, 2.05) is 14.1 Å². The van der Waals surface area contributed by atoms with Gasteiger partial charge in [-0.05, 0) is 12.0 Å². The minimum atomic E-state index is -2.45. The Balaban J connectivity index is 2.66. The Morgan fingerprint density at radius 3 is 2.20 bits per heavy atom. The zero-order valence-electron chi connectivity index (χ0n) is 14.2. The summed E-state index contributed by atoms with van der Waals surface area (Å²) in [6.07, 6.45) is 0.881. The Morgan fingerprint density at radius 2 is 1.68 bits per heavy atom. The summed E-state index contributed by atoms with van der Waals surface area (Å²) in [5, 5.41) is 0. The molecule has 0 saturated heterocycles. The number of nitrogen functional groups attached to an aromatic ring is 1. The molecule has 5 nitrogen and oxygen atoms in total. The zero-order valence-corrected chi connectivity index (χ0v) is 15.8. The van der Waals surface area contributed by atoms with E-state index >= 15 is 0 Å². The average molecular weight is 404 g/mol. The predicted molar refractivity (Wildman–Crippen MR) is 91.0 cm³/mol. The molecule has 1 aromatic rings. The van der Waals surface area contributed by atoms with Crippen LogP contribution in [0.5, 0.6) is 0 Å². The molecular formula is C14H22F4N3O2S2+. The molecule has 3 N–H and O–H groups in total. The molecule has 144 valence electrons. The SMILES string of the molecule is COSCCC[N+](C)(C)CCNS(=O)c1c(F)c(F)c(N)c(F)c1F. The van der Waals surface area contributed by atoms with Crippen LogP contribution in [0, 0.1) is 23.3 Å². The van der Waals surface area contributed by atoms with Gasteiger partial charge in [-0.15, -0.1) is 0 Å². The molecular weight excluding hydrogens is 382 g/mol. The molecule has 0 saturated carbocycles. The summed E-state index contributed by atoms with van der Waals surface area (Å²) in [6.45, 7) is 1.43. The number of rotatable bonds is 10. The van der Waals surface area contributed by atoms with E-state index in [2.05, 4.69) is 4.72 Å². The van der Waals surface area contributed by atoms with Gasteiger partial charge >= 0.3 is 0 Å². The normalized spacial score (nSPS) is 13.2. The summed E-state index contributed by atoms with van der Waals surface area (Å²) in [5.74, 6) is -6.20. The lowest BCUT2D eigenvalue weighted by molar-refractivity contribution is -0.889. The van der Waals surface area contributed by atoms with Gasteiger partial charge < -0.3 is 14.4 Å². The number of halogens is 4. The highest BCUT2D eigenvalue weighted by molar-refractivity contribution is 7.94. The molecule has 1 unspecified atom stereocenters. The lowest BCUT2D eigenvalue weighted by Crippen LogP contribution is -2.45. The summed E-state index contributed by atoms with van der Waals surface area (Å²) >= 11 is 1.34. The van der Waals surface area contributed by atoms with Crippen LogP contribution in [0.4, 0.5) is 23.2 Å². The van der Waals surface area contributed by atoms with E-state index in [0.717, 1.165) is 18.7 Å². The molecule has 11 heteroatoms. The summed E-state index contributed by atoms with van der Waals surface area (Å²) in [7, 11) is 3.01. The molecule has 1 rings (SSSR count). The Bertz CT molecular complexity index is 604. The molecule has 25 heavy (non-hydrogen) atoms. The molecule has 0 heterocycles. The van der Waals surface area contributed by atoms with Gasteiger partial charge in [-0.25, -0.2) is 26.5 Å². The maximum Gasteiger partial charge on any atom is 0.186 e. The highest BCUT2D eigenvalue weighted by atomic mass is 32.2. The Kier molecular flexibility index (Phi) is 8.61. The van der Waals surface area contributed by atoms with Crippen molar-refractivity contribution in [3.05, 3.63) is 23.3 Å². The van der Waals surface area contributed by atoms with Crippen molar-refractivity contribution < 1.29 is 30.4 Å². The first-order chi connectivity index (χ1) is 11.6. The molecule has 0 radical (unpaired) electrons. The molecule has 0 bridgehead atoms. The van der Waals surface area contributed by atoms with E-state index in [9.17, 15) is 21.8 Å². The lowest BCUT2D eigenvalue weighted by atomic mass is 10.2. The van der Waals surface area contributed by atoms with Crippen molar-refractivity contribution in [1.82, 2.24) is 4.72 Å². The molecule has 0 aromatic heterocycles. The van der Waals surface area contributed by atoms with Gasteiger partial charge in [-0.3, -0.25) is 0 Å². The van der Waals surface area contributed by atoms with Crippen LogP contribution in [-0.2, 0) is 15.2 Å². The van der Waals surface area contributed by atoms with Crippen molar-refractivity contribution in [2.45, 2.75) is 11.3 Å². The first-order valence-corrected chi connectivity index (χ1v) is 9.42. The first kappa shape index (κ1) is 22.2. The van der Waals surface area contributed by atoms with E-state index in [1.54, 1.807) is 7.11 Å². The standard InChI is InChI=1S/C14H22F4N3O2S2/c1-21(2,6-4-8-24-23-3)7-5-20-25(22)14-11(17)9(15)13(19)10(16)12(14)18/h20H,4-8,19H2,1-3H3/q+1. The van der Waals surface area contributed by atoms with Gasteiger partial charge in [0.05, 0.1) is 40.8 Å². The van der Waals surface area contributed by atoms with Crippen LogP contribution in [-0.4, -0.2) is 55.3 Å². The van der Waals surface area contributed by atoms with Crippen LogP contribution in [0.25, 0.3) is 0 Å². The predicted octanol–water partition coefficient (Wildman–Crippen LogP) is 2.20. The number of benzene rings is 1. The number of anilines is 1. The minimum Gasteiger partial charge on any atom is -0.394 e. The quantitative estimate of drug-likeness (QED) is 0.157. The van der Waals surface area contributed by atoms with Crippen LogP contribution in [0.1, 0.15) is 6.42 Å². The van der Waals surface area contributed by atoms with Gasteiger partial charge in [0.25, 0.3) is 0 Å². The van der Waals surface area contributed by atoms with E-state index < -0.39 is 44.8 Å². The van der Waals surface area contributed by atoms with Gasteiger partial charge in [-0.1, -0.05) is 0 Å². The molecule has 0 amide bonds. The van der Waals surface area contributed by atoms with Crippen LogP contribution in [0.15, 0.2) is 4.90 Å². The van der Waals surface area contributed by atoms with Crippen LogP contribution in [0.2, 0.25) is 0 Å². The van der Waals surface area contributed by atoms with Gasteiger partial charge in [0.1, 0.15) is 21.6 Å². The number of nitrogens with zero attached hydrogens (tertiary/aromatic N) is 1. The maximum absolute atomic E-state index is 13.7. The number of nitrogens with two attached hydrogens (primary N) is 1. The third-order valence-electron chi connectivity index (χ3n) is 3.50. The van der Waals surface area contributed by atoms with Crippen molar-refractivity contribution in [3.8, 4) is 0 Å². The van der Waals surface area contributed by atoms with E-state index in [0.29, 0.717) is 11.0 Å². The fourth-order valence-electron chi connectivity index (χ4n) is 2.05. The summed E-state index contributed by atoms with van der Waals surface area (Å²) < 4.78 is 74.2. The second-order valence-corrected chi connectivity index (χ2v) is 8.10. The topological polar surface area (TPSA) is 64.3 Å². The molecule has 1 aromatic carbocycles. The second-order valence-electron chi connectivity index (χ2n) is 5.89. The number of nitrogens with one attached hydrogen (secondary N) is 1. The Labute approximate surface area is 151 Å². The summed E-state index contributed by atoms with van der Waals surface area (Å²) in [5.41, 5.74) is 3.64. The third-order valence-corrected chi connectivity index (χ3v) is 5.39. The van der Waals surface area contributed by atoms with E-state index in [-0.39, 0.29) is 6.54 Å². The highest BCUT2D eigenvalue weighted by Crippen LogP contribution is 2.27. The van der Waals surface area contributed by atoms with E-state index in [4.69, 9.17) is 9.92 Å². The molecule has 1 atom stereocenters. The average Bonchev–Trinajstić information content (AvgIpc) is 2.55. The molecule has 0 aliphatic rings. The summed E-state index contributed by atoms with van der Waals surface area (Å²) in [4.78, 5) is -1.20. The molecule has 0 spiro atoms. The highest BCUT2D eigenvalue weighted by Gasteiger charge is 2.28. The zero-order chi connectivity index (χ0) is 19.2.